The lowest BCUT2D eigenvalue weighted by Crippen LogP contribution is -1.92. The summed E-state index contributed by atoms with van der Waals surface area (Å²) in [5.74, 6) is 2.59. The van der Waals surface area contributed by atoms with E-state index >= 15 is 0 Å². The first-order chi connectivity index (χ1) is 7.24. The molecule has 0 bridgehead atoms. The van der Waals surface area contributed by atoms with Gasteiger partial charge in [0.25, 0.3) is 0 Å². The molecule has 2 nitrogen and oxygen atoms in total. The lowest BCUT2D eigenvalue weighted by molar-refractivity contribution is 0.267. The molecule has 0 amide bonds. The second kappa shape index (κ2) is 4.53. The lowest BCUT2D eigenvalue weighted by Gasteiger charge is -2.03. The number of hydrogen-bond acceptors (Lipinski definition) is 2. The zero-order chi connectivity index (χ0) is 10.7. The molecule has 0 fully saturated rings. The minimum Gasteiger partial charge on any atom is -0.486 e. The van der Waals surface area contributed by atoms with Crippen molar-refractivity contribution < 1.29 is 9.15 Å². The molecule has 2 aromatic rings. The molecule has 1 aromatic heterocycles. The zero-order valence-electron chi connectivity index (χ0n) is 8.37. The topological polar surface area (TPSA) is 22.4 Å². The number of furan rings is 1. The number of hydrogen-bond donors (Lipinski definition) is 0. The van der Waals surface area contributed by atoms with Gasteiger partial charge in [0.05, 0.1) is 0 Å². The number of halogens is 1. The van der Waals surface area contributed by atoms with Gasteiger partial charge in [0, 0.05) is 4.47 Å². The molecular formula is C12H11BrO2. The Balaban J connectivity index is 1.96. The molecule has 15 heavy (non-hydrogen) atoms. The fourth-order valence-corrected chi connectivity index (χ4v) is 1.51. The van der Waals surface area contributed by atoms with Crippen LogP contribution in [0.2, 0.25) is 0 Å². The predicted octanol–water partition coefficient (Wildman–Crippen LogP) is 3.93. The van der Waals surface area contributed by atoms with Gasteiger partial charge in [-0.3, -0.25) is 0 Å². The van der Waals surface area contributed by atoms with Gasteiger partial charge in [-0.15, -0.1) is 0 Å². The van der Waals surface area contributed by atoms with Crippen LogP contribution in [0.1, 0.15) is 11.5 Å². The van der Waals surface area contributed by atoms with E-state index in [1.807, 2.05) is 43.3 Å². The molecular weight excluding hydrogens is 256 g/mol. The Kier molecular flexibility index (Phi) is 3.11. The number of ether oxygens (including phenoxy) is 1. The zero-order valence-corrected chi connectivity index (χ0v) is 9.95. The van der Waals surface area contributed by atoms with Crippen molar-refractivity contribution in [1.29, 1.82) is 0 Å². The lowest BCUT2D eigenvalue weighted by atomic mass is 10.3. The summed E-state index contributed by atoms with van der Waals surface area (Å²) >= 11 is 3.37. The fraction of sp³-hybridized carbons (Fsp3) is 0.167. The highest BCUT2D eigenvalue weighted by Gasteiger charge is 1.99. The smallest absolute Gasteiger partial charge is 0.146 e. The molecule has 0 N–H and O–H groups in total. The van der Waals surface area contributed by atoms with Crippen molar-refractivity contribution in [2.24, 2.45) is 0 Å². The standard InChI is InChI=1S/C12H11BrO2/c1-9-2-5-12(15-9)8-14-11-6-3-10(13)4-7-11/h2-7H,8H2,1H3. The van der Waals surface area contributed by atoms with E-state index in [0.717, 1.165) is 21.7 Å². The Bertz CT molecular complexity index is 431. The maximum atomic E-state index is 5.55. The summed E-state index contributed by atoms with van der Waals surface area (Å²) in [6, 6.07) is 11.6. The van der Waals surface area contributed by atoms with Gasteiger partial charge in [-0.2, -0.15) is 0 Å². The Morgan fingerprint density at radius 3 is 2.47 bits per heavy atom. The summed E-state index contributed by atoms with van der Waals surface area (Å²) in [6.07, 6.45) is 0. The summed E-state index contributed by atoms with van der Waals surface area (Å²) in [4.78, 5) is 0. The summed E-state index contributed by atoms with van der Waals surface area (Å²) in [5, 5.41) is 0. The molecule has 0 aliphatic carbocycles. The van der Waals surface area contributed by atoms with Gasteiger partial charge in [-0.25, -0.2) is 0 Å². The van der Waals surface area contributed by atoms with E-state index in [1.165, 1.54) is 0 Å². The van der Waals surface area contributed by atoms with Crippen molar-refractivity contribution in [3.8, 4) is 5.75 Å². The normalized spacial score (nSPS) is 10.3. The molecule has 0 aliphatic heterocycles. The monoisotopic (exact) mass is 266 g/mol. The van der Waals surface area contributed by atoms with E-state index in [9.17, 15) is 0 Å². The van der Waals surface area contributed by atoms with Crippen LogP contribution in [-0.4, -0.2) is 0 Å². The van der Waals surface area contributed by atoms with Crippen LogP contribution in [0.15, 0.2) is 45.3 Å². The molecule has 0 spiro atoms. The quantitative estimate of drug-likeness (QED) is 0.840. The van der Waals surface area contributed by atoms with E-state index in [0.29, 0.717) is 6.61 Å². The van der Waals surface area contributed by atoms with Gasteiger partial charge < -0.3 is 9.15 Å². The first-order valence-electron chi connectivity index (χ1n) is 4.68. The molecule has 2 rings (SSSR count). The Hall–Kier alpha value is -1.22. The highest BCUT2D eigenvalue weighted by molar-refractivity contribution is 9.10. The third-order valence-corrected chi connectivity index (χ3v) is 2.52. The van der Waals surface area contributed by atoms with Crippen molar-refractivity contribution in [3.05, 3.63) is 52.4 Å². The van der Waals surface area contributed by atoms with Crippen molar-refractivity contribution in [3.63, 3.8) is 0 Å². The highest BCUT2D eigenvalue weighted by Crippen LogP contribution is 2.17. The van der Waals surface area contributed by atoms with Crippen LogP contribution in [0.25, 0.3) is 0 Å². The van der Waals surface area contributed by atoms with Crippen molar-refractivity contribution in [2.45, 2.75) is 13.5 Å². The maximum Gasteiger partial charge on any atom is 0.146 e. The number of rotatable bonds is 3. The summed E-state index contributed by atoms with van der Waals surface area (Å²) in [5.41, 5.74) is 0. The average molecular weight is 267 g/mol. The largest absolute Gasteiger partial charge is 0.486 e. The van der Waals surface area contributed by atoms with Crippen LogP contribution < -0.4 is 4.74 Å². The molecule has 3 heteroatoms. The molecule has 1 aromatic carbocycles. The number of benzene rings is 1. The summed E-state index contributed by atoms with van der Waals surface area (Å²) < 4.78 is 12.0. The minimum atomic E-state index is 0.468. The minimum absolute atomic E-state index is 0.468. The first-order valence-corrected chi connectivity index (χ1v) is 5.47. The van der Waals surface area contributed by atoms with E-state index in [1.54, 1.807) is 0 Å². The molecule has 0 radical (unpaired) electrons. The van der Waals surface area contributed by atoms with Gasteiger partial charge in [0.15, 0.2) is 0 Å². The van der Waals surface area contributed by atoms with Crippen LogP contribution in [0.3, 0.4) is 0 Å². The Labute approximate surface area is 97.0 Å². The molecule has 0 saturated heterocycles. The Morgan fingerprint density at radius 1 is 1.13 bits per heavy atom. The van der Waals surface area contributed by atoms with Crippen molar-refractivity contribution >= 4 is 15.9 Å². The molecule has 78 valence electrons. The molecule has 0 saturated carbocycles. The van der Waals surface area contributed by atoms with E-state index in [-0.39, 0.29) is 0 Å². The fourth-order valence-electron chi connectivity index (χ4n) is 1.25. The number of aryl methyl sites for hydroxylation is 1. The third-order valence-electron chi connectivity index (χ3n) is 1.99. The second-order valence-corrected chi connectivity index (χ2v) is 4.17. The summed E-state index contributed by atoms with van der Waals surface area (Å²) in [7, 11) is 0. The maximum absolute atomic E-state index is 5.55. The average Bonchev–Trinajstić information content (AvgIpc) is 2.64. The van der Waals surface area contributed by atoms with Gasteiger partial charge in [-0.1, -0.05) is 15.9 Å². The SMILES string of the molecule is Cc1ccc(COc2ccc(Br)cc2)o1. The second-order valence-electron chi connectivity index (χ2n) is 3.25. The Morgan fingerprint density at radius 2 is 1.87 bits per heavy atom. The van der Waals surface area contributed by atoms with E-state index in [4.69, 9.17) is 9.15 Å². The molecule has 0 unspecified atom stereocenters. The van der Waals surface area contributed by atoms with Gasteiger partial charge in [-0.05, 0) is 43.3 Å². The van der Waals surface area contributed by atoms with Crippen LogP contribution in [0.4, 0.5) is 0 Å². The molecule has 0 aliphatic rings. The summed E-state index contributed by atoms with van der Waals surface area (Å²) in [6.45, 7) is 2.39. The molecule has 1 heterocycles. The first kappa shape index (κ1) is 10.3. The van der Waals surface area contributed by atoms with Crippen molar-refractivity contribution in [1.82, 2.24) is 0 Å². The van der Waals surface area contributed by atoms with Crippen molar-refractivity contribution in [2.75, 3.05) is 0 Å². The van der Waals surface area contributed by atoms with Gasteiger partial charge in [0.2, 0.25) is 0 Å². The third kappa shape index (κ3) is 2.86. The van der Waals surface area contributed by atoms with Gasteiger partial charge >= 0.3 is 0 Å². The highest BCUT2D eigenvalue weighted by atomic mass is 79.9. The van der Waals surface area contributed by atoms with E-state index in [2.05, 4.69) is 15.9 Å². The van der Waals surface area contributed by atoms with Crippen LogP contribution in [0, 0.1) is 6.92 Å². The molecule has 0 atom stereocenters. The van der Waals surface area contributed by atoms with E-state index < -0.39 is 0 Å². The van der Waals surface area contributed by atoms with Crippen LogP contribution >= 0.6 is 15.9 Å². The van der Waals surface area contributed by atoms with Crippen LogP contribution in [-0.2, 0) is 6.61 Å². The van der Waals surface area contributed by atoms with Crippen LogP contribution in [0.5, 0.6) is 5.75 Å². The predicted molar refractivity (Wildman–Crippen MR) is 61.9 cm³/mol. The van der Waals surface area contributed by atoms with Gasteiger partial charge in [0.1, 0.15) is 23.9 Å².